The molecule has 1 heterocycles. The number of rotatable bonds is 3. The first kappa shape index (κ1) is 16.2. The van der Waals surface area contributed by atoms with Gasteiger partial charge in [-0.2, -0.15) is 0 Å². The van der Waals surface area contributed by atoms with Crippen LogP contribution in [0, 0.1) is 11.8 Å². The Labute approximate surface area is 141 Å². The van der Waals surface area contributed by atoms with E-state index < -0.39 is 12.8 Å². The van der Waals surface area contributed by atoms with Crippen LogP contribution in [-0.4, -0.2) is 22.9 Å². The van der Waals surface area contributed by atoms with Gasteiger partial charge >= 0.3 is 0 Å². The van der Waals surface area contributed by atoms with Gasteiger partial charge in [0, 0.05) is 23.6 Å². The normalized spacial score (nSPS) is 15.1. The fourth-order valence-electron chi connectivity index (χ4n) is 2.62. The van der Waals surface area contributed by atoms with Crippen LogP contribution in [0.15, 0.2) is 72.0 Å². The Morgan fingerprint density at radius 3 is 2.92 bits per heavy atom. The van der Waals surface area contributed by atoms with Crippen LogP contribution in [0.25, 0.3) is 10.8 Å². The summed E-state index contributed by atoms with van der Waals surface area (Å²) in [4.78, 5) is 4.52. The second-order valence-electron chi connectivity index (χ2n) is 5.58. The molecule has 1 aliphatic carbocycles. The predicted molar refractivity (Wildman–Crippen MR) is 95.1 cm³/mol. The maximum atomic E-state index is 13.0. The quantitative estimate of drug-likeness (QED) is 0.870. The molecule has 0 saturated carbocycles. The van der Waals surface area contributed by atoms with Gasteiger partial charge in [0.25, 0.3) is 0 Å². The molecule has 24 heavy (non-hydrogen) atoms. The lowest BCUT2D eigenvalue weighted by molar-refractivity contribution is 0.215. The highest BCUT2D eigenvalue weighted by molar-refractivity contribution is 5.84. The van der Waals surface area contributed by atoms with E-state index in [1.165, 1.54) is 5.39 Å². The van der Waals surface area contributed by atoms with Crippen molar-refractivity contribution in [2.45, 2.75) is 19.0 Å². The standard InChI is InChI=1S/C21H18FNO/c22-19(15-24)11-10-16-4-3-5-17(9-8-16)14-21-20-7-2-1-6-18(20)12-13-23-21/h1-2,4-9,12-13,19,24H,3,14-15H2. The molecule has 1 N–H and O–H groups in total. The highest BCUT2D eigenvalue weighted by atomic mass is 19.1. The van der Waals surface area contributed by atoms with Crippen LogP contribution in [0.2, 0.25) is 0 Å². The topological polar surface area (TPSA) is 33.1 Å². The molecular formula is C21H18FNO. The lowest BCUT2D eigenvalue weighted by Crippen LogP contribution is -2.01. The van der Waals surface area contributed by atoms with Crippen LogP contribution in [-0.2, 0) is 6.42 Å². The summed E-state index contributed by atoms with van der Waals surface area (Å²) in [5.41, 5.74) is 2.97. The molecule has 2 aromatic rings. The van der Waals surface area contributed by atoms with E-state index in [-0.39, 0.29) is 0 Å². The van der Waals surface area contributed by atoms with Crippen molar-refractivity contribution in [1.82, 2.24) is 4.98 Å². The Morgan fingerprint density at radius 1 is 1.17 bits per heavy atom. The number of nitrogens with zero attached hydrogens (tertiary/aromatic N) is 1. The molecule has 1 aromatic heterocycles. The maximum absolute atomic E-state index is 13.0. The van der Waals surface area contributed by atoms with E-state index in [0.717, 1.165) is 35.1 Å². The second-order valence-corrected chi connectivity index (χ2v) is 5.58. The minimum atomic E-state index is -1.49. The Bertz CT molecular complexity index is 878. The molecule has 2 nitrogen and oxygen atoms in total. The molecule has 1 atom stereocenters. The summed E-state index contributed by atoms with van der Waals surface area (Å²) in [6.45, 7) is -0.569. The Morgan fingerprint density at radius 2 is 2.04 bits per heavy atom. The van der Waals surface area contributed by atoms with Gasteiger partial charge in [0.15, 0.2) is 6.17 Å². The highest BCUT2D eigenvalue weighted by Crippen LogP contribution is 2.21. The summed E-state index contributed by atoms with van der Waals surface area (Å²) in [6, 6.07) is 10.2. The van der Waals surface area contributed by atoms with Gasteiger partial charge in [0.05, 0.1) is 12.3 Å². The Hall–Kier alpha value is -2.70. The van der Waals surface area contributed by atoms with E-state index in [4.69, 9.17) is 5.11 Å². The van der Waals surface area contributed by atoms with E-state index >= 15 is 0 Å². The van der Waals surface area contributed by atoms with Crippen molar-refractivity contribution in [2.75, 3.05) is 6.61 Å². The van der Waals surface area contributed by atoms with Crippen molar-refractivity contribution < 1.29 is 9.50 Å². The van der Waals surface area contributed by atoms with Crippen molar-refractivity contribution in [3.05, 3.63) is 77.7 Å². The molecule has 0 amide bonds. The lowest BCUT2D eigenvalue weighted by atomic mass is 10.0. The van der Waals surface area contributed by atoms with Gasteiger partial charge in [-0.3, -0.25) is 4.98 Å². The van der Waals surface area contributed by atoms with E-state index in [1.807, 2.05) is 42.6 Å². The molecule has 0 bridgehead atoms. The Kier molecular flexibility index (Phi) is 5.20. The van der Waals surface area contributed by atoms with Crippen LogP contribution >= 0.6 is 0 Å². The maximum Gasteiger partial charge on any atom is 0.183 e. The zero-order valence-corrected chi connectivity index (χ0v) is 13.2. The van der Waals surface area contributed by atoms with E-state index in [9.17, 15) is 4.39 Å². The number of pyridine rings is 1. The number of benzene rings is 1. The second kappa shape index (κ2) is 7.72. The predicted octanol–water partition coefficient (Wildman–Crippen LogP) is 3.92. The zero-order valence-electron chi connectivity index (χ0n) is 13.2. The molecule has 0 spiro atoms. The van der Waals surface area contributed by atoms with Crippen molar-refractivity contribution in [3.8, 4) is 11.8 Å². The first-order valence-corrected chi connectivity index (χ1v) is 7.92. The van der Waals surface area contributed by atoms with Crippen LogP contribution < -0.4 is 0 Å². The van der Waals surface area contributed by atoms with Crippen LogP contribution in [0.1, 0.15) is 12.1 Å². The van der Waals surface area contributed by atoms with Crippen LogP contribution in [0.5, 0.6) is 0 Å². The van der Waals surface area contributed by atoms with Gasteiger partial charge < -0.3 is 5.11 Å². The van der Waals surface area contributed by atoms with Crippen molar-refractivity contribution in [1.29, 1.82) is 0 Å². The molecule has 120 valence electrons. The molecule has 0 fully saturated rings. The number of aliphatic hydroxyl groups is 1. The van der Waals surface area contributed by atoms with Crippen LogP contribution in [0.4, 0.5) is 4.39 Å². The van der Waals surface area contributed by atoms with Gasteiger partial charge in [-0.1, -0.05) is 54.3 Å². The molecule has 3 rings (SSSR count). The third kappa shape index (κ3) is 3.98. The summed E-state index contributed by atoms with van der Waals surface area (Å²) in [5, 5.41) is 11.0. The van der Waals surface area contributed by atoms with E-state index in [0.29, 0.717) is 0 Å². The number of aliphatic hydroxyl groups excluding tert-OH is 1. The summed E-state index contributed by atoms with van der Waals surface area (Å²) in [6.07, 6.45) is 9.82. The SMILES string of the molecule is OCC(F)C#CC1=CCC=C(Cc2nccc3ccccc23)C=C1. The van der Waals surface area contributed by atoms with E-state index in [1.54, 1.807) is 0 Å². The summed E-state index contributed by atoms with van der Waals surface area (Å²) >= 11 is 0. The number of fused-ring (bicyclic) bond motifs is 1. The summed E-state index contributed by atoms with van der Waals surface area (Å²) < 4.78 is 13.0. The summed E-state index contributed by atoms with van der Waals surface area (Å²) in [7, 11) is 0. The number of hydrogen-bond donors (Lipinski definition) is 1. The molecular weight excluding hydrogens is 301 g/mol. The zero-order chi connectivity index (χ0) is 16.8. The third-order valence-electron chi connectivity index (χ3n) is 3.86. The number of aromatic nitrogens is 1. The lowest BCUT2D eigenvalue weighted by Gasteiger charge is -2.06. The van der Waals surface area contributed by atoms with Gasteiger partial charge in [-0.25, -0.2) is 4.39 Å². The molecule has 1 aromatic carbocycles. The van der Waals surface area contributed by atoms with E-state index in [2.05, 4.69) is 35.0 Å². The van der Waals surface area contributed by atoms with Crippen molar-refractivity contribution >= 4 is 10.8 Å². The van der Waals surface area contributed by atoms with Crippen LogP contribution in [0.3, 0.4) is 0 Å². The van der Waals surface area contributed by atoms with Gasteiger partial charge in [0.2, 0.25) is 0 Å². The minimum absolute atomic E-state index is 0.569. The molecule has 0 saturated heterocycles. The monoisotopic (exact) mass is 319 g/mol. The molecule has 3 heteroatoms. The largest absolute Gasteiger partial charge is 0.392 e. The third-order valence-corrected chi connectivity index (χ3v) is 3.86. The first-order chi connectivity index (χ1) is 11.8. The molecule has 0 aliphatic heterocycles. The fraction of sp³-hybridized carbons (Fsp3) is 0.190. The summed E-state index contributed by atoms with van der Waals surface area (Å²) in [5.74, 6) is 5.16. The Balaban J connectivity index is 1.77. The minimum Gasteiger partial charge on any atom is -0.392 e. The number of hydrogen-bond acceptors (Lipinski definition) is 2. The smallest absolute Gasteiger partial charge is 0.183 e. The number of allylic oxidation sites excluding steroid dienone is 6. The average molecular weight is 319 g/mol. The van der Waals surface area contributed by atoms with Gasteiger partial charge in [-0.15, -0.1) is 0 Å². The van der Waals surface area contributed by atoms with Gasteiger partial charge in [-0.05, 0) is 29.5 Å². The van der Waals surface area contributed by atoms with Gasteiger partial charge in [0.1, 0.15) is 0 Å². The number of halogens is 1. The molecule has 0 radical (unpaired) electrons. The number of alkyl halides is 1. The first-order valence-electron chi connectivity index (χ1n) is 7.92. The van der Waals surface area contributed by atoms with Crippen molar-refractivity contribution in [2.24, 2.45) is 0 Å². The molecule has 1 unspecified atom stereocenters. The van der Waals surface area contributed by atoms with Crippen molar-refractivity contribution in [3.63, 3.8) is 0 Å². The molecule has 1 aliphatic rings. The fourth-order valence-corrected chi connectivity index (χ4v) is 2.62. The highest BCUT2D eigenvalue weighted by Gasteiger charge is 2.05. The average Bonchev–Trinajstić information content (AvgIpc) is 2.85.